The third kappa shape index (κ3) is 4.05. The molecule has 1 saturated carbocycles. The zero-order valence-corrected chi connectivity index (χ0v) is 12.1. The van der Waals surface area contributed by atoms with E-state index in [1.54, 1.807) is 0 Å². The van der Waals surface area contributed by atoms with E-state index in [2.05, 4.69) is 38.0 Å². The summed E-state index contributed by atoms with van der Waals surface area (Å²) in [5, 5.41) is 3.51. The van der Waals surface area contributed by atoms with Crippen molar-refractivity contribution in [1.82, 2.24) is 15.3 Å². The molecule has 0 aromatic carbocycles. The molecular weight excluding hydrogens is 222 g/mol. The Bertz CT molecular complexity index is 403. The van der Waals surface area contributed by atoms with Gasteiger partial charge in [-0.3, -0.25) is 0 Å². The van der Waals surface area contributed by atoms with Crippen molar-refractivity contribution >= 4 is 0 Å². The normalized spacial score (nSPS) is 16.0. The van der Waals surface area contributed by atoms with E-state index >= 15 is 0 Å². The van der Waals surface area contributed by atoms with Crippen LogP contribution in [0.25, 0.3) is 0 Å². The molecular formula is C15H25N3. The smallest absolute Gasteiger partial charge is 0.128 e. The Morgan fingerprint density at radius 1 is 1.33 bits per heavy atom. The van der Waals surface area contributed by atoms with Crippen LogP contribution in [0.15, 0.2) is 6.20 Å². The van der Waals surface area contributed by atoms with E-state index in [1.807, 2.05) is 6.20 Å². The van der Waals surface area contributed by atoms with E-state index in [-0.39, 0.29) is 5.54 Å². The van der Waals surface area contributed by atoms with Crippen LogP contribution in [0.3, 0.4) is 0 Å². The fourth-order valence-corrected chi connectivity index (χ4v) is 1.98. The van der Waals surface area contributed by atoms with Gasteiger partial charge in [0.2, 0.25) is 0 Å². The molecule has 1 N–H and O–H groups in total. The molecule has 2 rings (SSSR count). The summed E-state index contributed by atoms with van der Waals surface area (Å²) in [6.07, 6.45) is 6.79. The maximum absolute atomic E-state index is 4.72. The Labute approximate surface area is 110 Å². The second-order valence-electron chi connectivity index (χ2n) is 6.36. The molecule has 0 bridgehead atoms. The zero-order chi connectivity index (χ0) is 13.2. The minimum atomic E-state index is 0.137. The summed E-state index contributed by atoms with van der Waals surface area (Å²) in [7, 11) is 0. The SMILES string of the molecule is CCc1nc(CC2CC2)ncc1CNC(C)(C)C. The Kier molecular flexibility index (Phi) is 4.00. The van der Waals surface area contributed by atoms with Crippen LogP contribution in [0.1, 0.15) is 57.6 Å². The zero-order valence-electron chi connectivity index (χ0n) is 12.1. The first-order valence-corrected chi connectivity index (χ1v) is 7.06. The molecule has 1 fully saturated rings. The second-order valence-corrected chi connectivity index (χ2v) is 6.36. The fourth-order valence-electron chi connectivity index (χ4n) is 1.98. The molecule has 0 saturated heterocycles. The van der Waals surface area contributed by atoms with Crippen molar-refractivity contribution in [2.45, 2.75) is 65.5 Å². The van der Waals surface area contributed by atoms with Crippen LogP contribution in [0.4, 0.5) is 0 Å². The summed E-state index contributed by atoms with van der Waals surface area (Å²) >= 11 is 0. The van der Waals surface area contributed by atoms with E-state index in [1.165, 1.54) is 24.1 Å². The van der Waals surface area contributed by atoms with E-state index in [4.69, 9.17) is 4.98 Å². The predicted octanol–water partition coefficient (Wildman–Crippen LogP) is 2.88. The average Bonchev–Trinajstić information content (AvgIpc) is 3.10. The molecule has 0 atom stereocenters. The fraction of sp³-hybridized carbons (Fsp3) is 0.733. The monoisotopic (exact) mass is 247 g/mol. The van der Waals surface area contributed by atoms with Crippen molar-refractivity contribution in [3.05, 3.63) is 23.3 Å². The lowest BCUT2D eigenvalue weighted by Gasteiger charge is -2.21. The molecule has 0 radical (unpaired) electrons. The molecule has 1 aliphatic rings. The first-order valence-electron chi connectivity index (χ1n) is 7.06. The van der Waals surface area contributed by atoms with Crippen LogP contribution >= 0.6 is 0 Å². The molecule has 0 spiro atoms. The summed E-state index contributed by atoms with van der Waals surface area (Å²) in [6.45, 7) is 9.57. The van der Waals surface area contributed by atoms with Gasteiger partial charge in [-0.2, -0.15) is 0 Å². The van der Waals surface area contributed by atoms with E-state index in [0.29, 0.717) is 0 Å². The van der Waals surface area contributed by atoms with Gasteiger partial charge in [-0.05, 0) is 46.0 Å². The lowest BCUT2D eigenvalue weighted by atomic mass is 10.1. The van der Waals surface area contributed by atoms with Gasteiger partial charge in [-0.1, -0.05) is 6.92 Å². The van der Waals surface area contributed by atoms with Gasteiger partial charge in [0.25, 0.3) is 0 Å². The second kappa shape index (κ2) is 5.35. The molecule has 0 aliphatic heterocycles. The molecule has 3 nitrogen and oxygen atoms in total. The first kappa shape index (κ1) is 13.5. The van der Waals surface area contributed by atoms with Gasteiger partial charge < -0.3 is 5.32 Å². The molecule has 0 amide bonds. The van der Waals surface area contributed by atoms with Crippen molar-refractivity contribution < 1.29 is 0 Å². The topological polar surface area (TPSA) is 37.8 Å². The van der Waals surface area contributed by atoms with Crippen LogP contribution in [0, 0.1) is 5.92 Å². The van der Waals surface area contributed by atoms with Crippen LogP contribution in [-0.4, -0.2) is 15.5 Å². The predicted molar refractivity (Wildman–Crippen MR) is 74.4 cm³/mol. The van der Waals surface area contributed by atoms with Crippen molar-refractivity contribution in [3.63, 3.8) is 0 Å². The maximum atomic E-state index is 4.72. The lowest BCUT2D eigenvalue weighted by Crippen LogP contribution is -2.35. The van der Waals surface area contributed by atoms with E-state index in [0.717, 1.165) is 31.1 Å². The molecule has 100 valence electrons. The highest BCUT2D eigenvalue weighted by Gasteiger charge is 2.23. The molecule has 1 aromatic heterocycles. The molecule has 0 unspecified atom stereocenters. The maximum Gasteiger partial charge on any atom is 0.128 e. The number of rotatable bonds is 5. The minimum Gasteiger partial charge on any atom is -0.308 e. The quantitative estimate of drug-likeness (QED) is 0.869. The van der Waals surface area contributed by atoms with Gasteiger partial charge in [0.1, 0.15) is 5.82 Å². The number of hydrogen-bond acceptors (Lipinski definition) is 3. The van der Waals surface area contributed by atoms with Crippen LogP contribution in [-0.2, 0) is 19.4 Å². The number of aromatic nitrogens is 2. The Morgan fingerprint density at radius 2 is 2.06 bits per heavy atom. The molecule has 3 heteroatoms. The van der Waals surface area contributed by atoms with Crippen molar-refractivity contribution in [3.8, 4) is 0 Å². The van der Waals surface area contributed by atoms with E-state index < -0.39 is 0 Å². The van der Waals surface area contributed by atoms with Crippen molar-refractivity contribution in [2.75, 3.05) is 0 Å². The standard InChI is InChI=1S/C15H25N3/c1-5-13-12(10-17-15(2,3)4)9-16-14(18-13)8-11-6-7-11/h9,11,17H,5-8,10H2,1-4H3. The summed E-state index contributed by atoms with van der Waals surface area (Å²) < 4.78 is 0. The highest BCUT2D eigenvalue weighted by molar-refractivity contribution is 5.18. The van der Waals surface area contributed by atoms with Crippen molar-refractivity contribution in [2.24, 2.45) is 5.92 Å². The average molecular weight is 247 g/mol. The number of hydrogen-bond donors (Lipinski definition) is 1. The first-order chi connectivity index (χ1) is 8.48. The van der Waals surface area contributed by atoms with Gasteiger partial charge in [0, 0.05) is 36.0 Å². The molecule has 1 aliphatic carbocycles. The Balaban J connectivity index is 2.04. The van der Waals surface area contributed by atoms with Crippen LogP contribution in [0.5, 0.6) is 0 Å². The summed E-state index contributed by atoms with van der Waals surface area (Å²) in [4.78, 5) is 9.24. The van der Waals surface area contributed by atoms with Crippen molar-refractivity contribution in [1.29, 1.82) is 0 Å². The Hall–Kier alpha value is -0.960. The Morgan fingerprint density at radius 3 is 2.61 bits per heavy atom. The number of aryl methyl sites for hydroxylation is 1. The largest absolute Gasteiger partial charge is 0.308 e. The summed E-state index contributed by atoms with van der Waals surface area (Å²) in [5.41, 5.74) is 2.59. The number of nitrogens with one attached hydrogen (secondary N) is 1. The van der Waals surface area contributed by atoms with Gasteiger partial charge >= 0.3 is 0 Å². The molecule has 1 aromatic rings. The minimum absolute atomic E-state index is 0.137. The van der Waals surface area contributed by atoms with Crippen LogP contribution < -0.4 is 5.32 Å². The van der Waals surface area contributed by atoms with E-state index in [9.17, 15) is 0 Å². The molecule has 18 heavy (non-hydrogen) atoms. The van der Waals surface area contributed by atoms with Crippen LogP contribution in [0.2, 0.25) is 0 Å². The van der Waals surface area contributed by atoms with Gasteiger partial charge in [0.05, 0.1) is 0 Å². The highest BCUT2D eigenvalue weighted by Crippen LogP contribution is 2.31. The third-order valence-corrected chi connectivity index (χ3v) is 3.32. The lowest BCUT2D eigenvalue weighted by molar-refractivity contribution is 0.422. The van der Waals surface area contributed by atoms with Gasteiger partial charge in [-0.25, -0.2) is 9.97 Å². The van der Waals surface area contributed by atoms with Gasteiger partial charge in [0.15, 0.2) is 0 Å². The summed E-state index contributed by atoms with van der Waals surface area (Å²) in [6, 6.07) is 0. The summed E-state index contributed by atoms with van der Waals surface area (Å²) in [5.74, 6) is 1.89. The highest BCUT2D eigenvalue weighted by atomic mass is 15.0. The third-order valence-electron chi connectivity index (χ3n) is 3.32. The molecule has 1 heterocycles. The van der Waals surface area contributed by atoms with Gasteiger partial charge in [-0.15, -0.1) is 0 Å². The number of nitrogens with zero attached hydrogens (tertiary/aromatic N) is 2.